The number of carboxylic acid groups (broad SMARTS) is 1. The van der Waals surface area contributed by atoms with Crippen molar-refractivity contribution in [2.24, 2.45) is 23.7 Å². The molecule has 2 aromatic carbocycles. The Morgan fingerprint density at radius 1 is 0.611 bits per heavy atom. The molecule has 13 nitrogen and oxygen atoms in total. The summed E-state index contributed by atoms with van der Waals surface area (Å²) in [6, 6.07) is 13.1. The Kier molecular flexibility index (Phi) is 18.9. The maximum Gasteiger partial charge on any atom is 0.326 e. The first kappa shape index (κ1) is 45.4. The van der Waals surface area contributed by atoms with E-state index in [9.17, 15) is 39.0 Å². The third kappa shape index (κ3) is 15.3. The zero-order chi connectivity index (χ0) is 40.5. The molecular weight excluding hydrogens is 690 g/mol. The van der Waals surface area contributed by atoms with Gasteiger partial charge in [0, 0.05) is 0 Å². The Hall–Kier alpha value is -4.78. The smallest absolute Gasteiger partial charge is 0.326 e. The van der Waals surface area contributed by atoms with Crippen molar-refractivity contribution in [1.29, 1.82) is 0 Å². The topological polar surface area (TPSA) is 203 Å². The standard InChI is InChI=1S/C41H61N5O8/c1-9-27(8)37(40(52)46-36(26(6)7)41(53)54)44-34(49)23-32(47)30(21-28-16-12-10-13-17-28)43-39(51)35(25(4)5)45-38(50)31(20-24(2)3)42-33(48)22-29-18-14-11-15-19-29/h10-19,24-27,30-32,35-37,47H,9,20-23H2,1-8H3,(H,42,48)(H,43,51)(H,44,49)(H,45,50)(H,46,52)(H,53,54)/t27-,30-,31-,32-,35-,36-,37-/m0/s1. The van der Waals surface area contributed by atoms with Crippen molar-refractivity contribution in [2.45, 2.75) is 124 Å². The monoisotopic (exact) mass is 751 g/mol. The summed E-state index contributed by atoms with van der Waals surface area (Å²) in [7, 11) is 0. The third-order valence-electron chi connectivity index (χ3n) is 9.34. The molecule has 2 rings (SSSR count). The molecule has 0 unspecified atom stereocenters. The van der Waals surface area contributed by atoms with Crippen molar-refractivity contribution in [1.82, 2.24) is 26.6 Å². The number of nitrogens with one attached hydrogen (secondary N) is 5. The van der Waals surface area contributed by atoms with Crippen LogP contribution in [0.15, 0.2) is 60.7 Å². The number of carboxylic acids is 1. The van der Waals surface area contributed by atoms with E-state index in [1.54, 1.807) is 34.6 Å². The molecule has 0 saturated heterocycles. The van der Waals surface area contributed by atoms with E-state index in [4.69, 9.17) is 0 Å². The number of aliphatic hydroxyl groups is 1. The predicted octanol–water partition coefficient (Wildman–Crippen LogP) is 3.14. The number of amides is 5. The third-order valence-corrected chi connectivity index (χ3v) is 9.34. The molecular formula is C41H61N5O8. The lowest BCUT2D eigenvalue weighted by Crippen LogP contribution is -2.59. The number of benzene rings is 2. The van der Waals surface area contributed by atoms with Gasteiger partial charge in [-0.25, -0.2) is 4.79 Å². The van der Waals surface area contributed by atoms with E-state index >= 15 is 0 Å². The van der Waals surface area contributed by atoms with Gasteiger partial charge in [0.05, 0.1) is 25.0 Å². The van der Waals surface area contributed by atoms with Crippen molar-refractivity contribution in [2.75, 3.05) is 0 Å². The lowest BCUT2D eigenvalue weighted by Gasteiger charge is -2.30. The molecule has 0 heterocycles. The highest BCUT2D eigenvalue weighted by atomic mass is 16.4. The summed E-state index contributed by atoms with van der Waals surface area (Å²) in [5, 5.41) is 34.7. The van der Waals surface area contributed by atoms with Crippen LogP contribution in [0.25, 0.3) is 0 Å². The Bertz CT molecular complexity index is 1520. The van der Waals surface area contributed by atoms with Gasteiger partial charge < -0.3 is 36.8 Å². The number of carbonyl (C=O) groups is 6. The predicted molar refractivity (Wildman–Crippen MR) is 207 cm³/mol. The highest BCUT2D eigenvalue weighted by Crippen LogP contribution is 2.15. The zero-order valence-corrected chi connectivity index (χ0v) is 32.9. The Labute approximate surface area is 319 Å². The van der Waals surface area contributed by atoms with Crippen LogP contribution in [0.1, 0.15) is 85.8 Å². The van der Waals surface area contributed by atoms with Crippen molar-refractivity contribution in [3.8, 4) is 0 Å². The fraction of sp³-hybridized carbons (Fsp3) is 0.561. The first-order chi connectivity index (χ1) is 25.4. The first-order valence-corrected chi connectivity index (χ1v) is 18.9. The van der Waals surface area contributed by atoms with Gasteiger partial charge in [0.25, 0.3) is 0 Å². The minimum Gasteiger partial charge on any atom is -0.480 e. The van der Waals surface area contributed by atoms with E-state index in [-0.39, 0.29) is 36.5 Å². The molecule has 0 aromatic heterocycles. The van der Waals surface area contributed by atoms with E-state index in [2.05, 4.69) is 26.6 Å². The second-order valence-electron chi connectivity index (χ2n) is 15.2. The normalized spacial score (nSPS) is 15.3. The van der Waals surface area contributed by atoms with Gasteiger partial charge in [0.15, 0.2) is 0 Å². The van der Waals surface area contributed by atoms with E-state index in [0.717, 1.165) is 11.1 Å². The Morgan fingerprint density at radius 2 is 1.13 bits per heavy atom. The summed E-state index contributed by atoms with van der Waals surface area (Å²) >= 11 is 0. The van der Waals surface area contributed by atoms with Crippen molar-refractivity contribution in [3.05, 3.63) is 71.8 Å². The first-order valence-electron chi connectivity index (χ1n) is 18.9. The molecule has 54 heavy (non-hydrogen) atoms. The van der Waals surface area contributed by atoms with Crippen LogP contribution in [0.3, 0.4) is 0 Å². The highest BCUT2D eigenvalue weighted by molar-refractivity contribution is 5.93. The minimum absolute atomic E-state index is 0.0560. The average Bonchev–Trinajstić information content (AvgIpc) is 3.10. The highest BCUT2D eigenvalue weighted by Gasteiger charge is 2.35. The van der Waals surface area contributed by atoms with Crippen LogP contribution >= 0.6 is 0 Å². The van der Waals surface area contributed by atoms with Gasteiger partial charge in [0.2, 0.25) is 29.5 Å². The molecule has 298 valence electrons. The Morgan fingerprint density at radius 3 is 1.63 bits per heavy atom. The molecule has 0 fully saturated rings. The van der Waals surface area contributed by atoms with Gasteiger partial charge in [-0.05, 0) is 47.6 Å². The van der Waals surface area contributed by atoms with Gasteiger partial charge in [-0.3, -0.25) is 24.0 Å². The molecule has 0 aliphatic heterocycles. The van der Waals surface area contributed by atoms with E-state index in [0.29, 0.717) is 12.8 Å². The molecule has 0 aliphatic carbocycles. The van der Waals surface area contributed by atoms with Gasteiger partial charge >= 0.3 is 5.97 Å². The molecule has 0 spiro atoms. The quantitative estimate of drug-likeness (QED) is 0.0951. The SMILES string of the molecule is CC[C@H](C)[C@H](NC(=O)C[C@H](O)[C@H](Cc1ccccc1)NC(=O)[C@@H](NC(=O)[C@H](CC(C)C)NC(=O)Cc1ccccc1)C(C)C)C(=O)N[C@H](C(=O)O)C(C)C. The number of aliphatic hydroxyl groups excluding tert-OH is 1. The minimum atomic E-state index is -1.41. The molecule has 2 aromatic rings. The van der Waals surface area contributed by atoms with Crippen molar-refractivity contribution >= 4 is 35.5 Å². The summed E-state index contributed by atoms with van der Waals surface area (Å²) in [6.45, 7) is 14.3. The van der Waals surface area contributed by atoms with Crippen LogP contribution in [0.2, 0.25) is 0 Å². The van der Waals surface area contributed by atoms with E-state index in [1.165, 1.54) is 0 Å². The average molecular weight is 752 g/mol. The maximum atomic E-state index is 13.9. The van der Waals surface area contributed by atoms with Crippen LogP contribution < -0.4 is 26.6 Å². The molecule has 13 heteroatoms. The molecule has 0 saturated carbocycles. The van der Waals surface area contributed by atoms with Crippen molar-refractivity contribution < 1.29 is 39.0 Å². The van der Waals surface area contributed by atoms with Gasteiger partial charge in [-0.1, -0.05) is 122 Å². The van der Waals surface area contributed by atoms with Gasteiger partial charge in [-0.15, -0.1) is 0 Å². The summed E-state index contributed by atoms with van der Waals surface area (Å²) in [4.78, 5) is 78.8. The van der Waals surface area contributed by atoms with E-state index < -0.39 is 78.2 Å². The largest absolute Gasteiger partial charge is 0.480 e. The fourth-order valence-corrected chi connectivity index (χ4v) is 5.97. The zero-order valence-electron chi connectivity index (χ0n) is 32.9. The van der Waals surface area contributed by atoms with Crippen LogP contribution in [0.5, 0.6) is 0 Å². The molecule has 7 atom stereocenters. The number of rotatable bonds is 22. The molecule has 0 bridgehead atoms. The summed E-state index contributed by atoms with van der Waals surface area (Å²) < 4.78 is 0. The summed E-state index contributed by atoms with van der Waals surface area (Å²) in [5.41, 5.74) is 1.57. The fourth-order valence-electron chi connectivity index (χ4n) is 5.97. The summed E-state index contributed by atoms with van der Waals surface area (Å²) in [5.74, 6) is -5.02. The van der Waals surface area contributed by atoms with Gasteiger partial charge in [0.1, 0.15) is 24.2 Å². The van der Waals surface area contributed by atoms with Crippen LogP contribution in [-0.4, -0.2) is 82.0 Å². The number of hydrogen-bond acceptors (Lipinski definition) is 7. The second kappa shape index (κ2) is 22.4. The second-order valence-corrected chi connectivity index (χ2v) is 15.2. The number of hydrogen-bond donors (Lipinski definition) is 7. The van der Waals surface area contributed by atoms with Crippen LogP contribution in [0, 0.1) is 23.7 Å². The van der Waals surface area contributed by atoms with Crippen LogP contribution in [0.4, 0.5) is 0 Å². The van der Waals surface area contributed by atoms with Crippen LogP contribution in [-0.2, 0) is 41.6 Å². The Balaban J connectivity index is 2.25. The molecule has 5 amide bonds. The number of carbonyl (C=O) groups excluding carboxylic acids is 5. The molecule has 0 radical (unpaired) electrons. The summed E-state index contributed by atoms with van der Waals surface area (Å²) in [6.07, 6.45) is -0.806. The lowest BCUT2D eigenvalue weighted by molar-refractivity contribution is -0.143. The molecule has 0 aliphatic rings. The van der Waals surface area contributed by atoms with Crippen molar-refractivity contribution in [3.63, 3.8) is 0 Å². The lowest BCUT2D eigenvalue weighted by atomic mass is 9.95. The van der Waals surface area contributed by atoms with Gasteiger partial charge in [-0.2, -0.15) is 0 Å². The molecule has 7 N–H and O–H groups in total. The number of aliphatic carboxylic acids is 1. The maximum absolute atomic E-state index is 13.9. The van der Waals surface area contributed by atoms with E-state index in [1.807, 2.05) is 81.4 Å².